The van der Waals surface area contributed by atoms with E-state index in [0.29, 0.717) is 53.8 Å². The second-order valence-electron chi connectivity index (χ2n) is 8.22. The minimum absolute atomic E-state index is 0.239. The maximum atomic E-state index is 14.0. The number of aromatic amines is 1. The number of nitrogens with zero attached hydrogens (tertiary/aromatic N) is 5. The number of anilines is 2. The van der Waals surface area contributed by atoms with Gasteiger partial charge in [0.1, 0.15) is 23.1 Å². The lowest BCUT2D eigenvalue weighted by atomic mass is 10.2. The van der Waals surface area contributed by atoms with Crippen LogP contribution in [0.3, 0.4) is 0 Å². The number of benzene rings is 1. The molecule has 1 saturated heterocycles. The van der Waals surface area contributed by atoms with Crippen LogP contribution in [-0.4, -0.2) is 55.8 Å². The zero-order valence-corrected chi connectivity index (χ0v) is 19.3. The summed E-state index contributed by atoms with van der Waals surface area (Å²) in [6.45, 7) is 2.81. The predicted octanol–water partition coefficient (Wildman–Crippen LogP) is 3.28. The van der Waals surface area contributed by atoms with Crippen molar-refractivity contribution in [1.29, 1.82) is 0 Å². The third-order valence-electron chi connectivity index (χ3n) is 5.94. The highest BCUT2D eigenvalue weighted by atomic mass is 19.1. The van der Waals surface area contributed by atoms with Gasteiger partial charge in [-0.15, -0.1) is 0 Å². The Hall–Kier alpha value is -4.28. The predicted molar refractivity (Wildman–Crippen MR) is 127 cm³/mol. The smallest absolute Gasteiger partial charge is 0.328 e. The first-order valence-electron chi connectivity index (χ1n) is 11.3. The summed E-state index contributed by atoms with van der Waals surface area (Å²) in [7, 11) is 1.71. The van der Waals surface area contributed by atoms with Gasteiger partial charge in [0.15, 0.2) is 17.5 Å². The molecule has 180 valence electrons. The first-order chi connectivity index (χ1) is 16.9. The maximum Gasteiger partial charge on any atom is 0.328 e. The molecule has 4 aromatic rings. The summed E-state index contributed by atoms with van der Waals surface area (Å²) in [6.07, 6.45) is 3.05. The fraction of sp³-hybridized carbons (Fsp3) is 0.292. The Labute approximate surface area is 200 Å². The van der Waals surface area contributed by atoms with Crippen molar-refractivity contribution in [3.05, 3.63) is 54.0 Å². The monoisotopic (exact) mass is 477 g/mol. The molecule has 0 unspecified atom stereocenters. The van der Waals surface area contributed by atoms with Crippen LogP contribution in [-0.2, 0) is 16.6 Å². The minimum atomic E-state index is -0.417. The van der Waals surface area contributed by atoms with Gasteiger partial charge in [-0.05, 0) is 44.0 Å². The molecule has 1 amide bonds. The molecule has 0 radical (unpaired) electrons. The normalized spacial score (nSPS) is 15.5. The Kier molecular flexibility index (Phi) is 5.89. The van der Waals surface area contributed by atoms with Crippen molar-refractivity contribution in [1.82, 2.24) is 24.7 Å². The van der Waals surface area contributed by atoms with E-state index in [0.717, 1.165) is 6.42 Å². The average Bonchev–Trinajstić information content (AvgIpc) is 3.58. The molecule has 4 heterocycles. The van der Waals surface area contributed by atoms with E-state index in [-0.39, 0.29) is 23.4 Å². The number of pyridine rings is 1. The molecule has 0 bridgehead atoms. The van der Waals surface area contributed by atoms with Crippen molar-refractivity contribution in [2.45, 2.75) is 25.8 Å². The number of hydrogen-bond donors (Lipinski definition) is 2. The number of fused-ring (bicyclic) bond motifs is 1. The lowest BCUT2D eigenvalue weighted by molar-refractivity contribution is -0.144. The quantitative estimate of drug-likeness (QED) is 0.409. The van der Waals surface area contributed by atoms with E-state index in [1.165, 1.54) is 12.3 Å². The first kappa shape index (κ1) is 22.5. The van der Waals surface area contributed by atoms with Crippen LogP contribution in [0, 0.1) is 5.82 Å². The zero-order valence-electron chi connectivity index (χ0n) is 19.3. The summed E-state index contributed by atoms with van der Waals surface area (Å²) in [5, 5.41) is 7.08. The fourth-order valence-electron chi connectivity index (χ4n) is 4.27. The summed E-state index contributed by atoms with van der Waals surface area (Å²) in [6, 6.07) is 9.37. The summed E-state index contributed by atoms with van der Waals surface area (Å²) in [5.74, 6) is 0.320. The number of rotatable bonds is 6. The molecule has 0 saturated carbocycles. The number of para-hydroxylation sites is 1. The van der Waals surface area contributed by atoms with Crippen LogP contribution < -0.4 is 10.2 Å². The largest absolute Gasteiger partial charge is 0.464 e. The number of aromatic nitrogens is 5. The number of halogens is 1. The molecule has 2 N–H and O–H groups in total. The van der Waals surface area contributed by atoms with Crippen molar-refractivity contribution in [2.75, 3.05) is 23.4 Å². The van der Waals surface area contributed by atoms with E-state index >= 15 is 0 Å². The number of hydrogen-bond acceptors (Lipinski definition) is 7. The van der Waals surface area contributed by atoms with E-state index in [9.17, 15) is 14.0 Å². The maximum absolute atomic E-state index is 14.0. The number of nitrogens with one attached hydrogen (secondary N) is 2. The molecule has 3 aromatic heterocycles. The molecule has 5 rings (SSSR count). The second kappa shape index (κ2) is 9.16. The second-order valence-corrected chi connectivity index (χ2v) is 8.22. The molecule has 0 spiro atoms. The fourth-order valence-corrected chi connectivity index (χ4v) is 4.27. The van der Waals surface area contributed by atoms with Gasteiger partial charge in [-0.3, -0.25) is 9.48 Å². The molecule has 1 aliphatic rings. The molecule has 1 fully saturated rings. The van der Waals surface area contributed by atoms with Crippen molar-refractivity contribution >= 4 is 34.5 Å². The Bertz CT molecular complexity index is 1400. The van der Waals surface area contributed by atoms with Gasteiger partial charge in [-0.2, -0.15) is 5.10 Å². The highest BCUT2D eigenvalue weighted by molar-refractivity contribution is 6.03. The number of aryl methyl sites for hydroxylation is 1. The molecule has 0 aliphatic carbocycles. The van der Waals surface area contributed by atoms with Gasteiger partial charge >= 0.3 is 5.97 Å². The van der Waals surface area contributed by atoms with E-state index in [1.54, 1.807) is 49.0 Å². The SMILES string of the molecule is CCOC(=O)[C@@H]1CCCN1c1ccc(C(=O)Nc2cc(-c3nc4c(F)cccc4[nH]3)n(C)n2)cn1. The number of H-pyrrole nitrogens is 1. The van der Waals surface area contributed by atoms with Crippen LogP contribution in [0.2, 0.25) is 0 Å². The minimum Gasteiger partial charge on any atom is -0.464 e. The molecule has 35 heavy (non-hydrogen) atoms. The lowest BCUT2D eigenvalue weighted by Gasteiger charge is -2.24. The zero-order chi connectivity index (χ0) is 24.5. The summed E-state index contributed by atoms with van der Waals surface area (Å²) in [4.78, 5) is 38.7. The Morgan fingerprint density at radius 2 is 2.14 bits per heavy atom. The Morgan fingerprint density at radius 3 is 2.89 bits per heavy atom. The van der Waals surface area contributed by atoms with Crippen LogP contribution in [0.5, 0.6) is 0 Å². The van der Waals surface area contributed by atoms with Gasteiger partial charge in [0.2, 0.25) is 0 Å². The molecule has 11 heteroatoms. The van der Waals surface area contributed by atoms with Crippen molar-refractivity contribution < 1.29 is 18.7 Å². The molecule has 1 aromatic carbocycles. The Morgan fingerprint density at radius 1 is 1.29 bits per heavy atom. The van der Waals surface area contributed by atoms with E-state index < -0.39 is 5.82 Å². The van der Waals surface area contributed by atoms with Crippen LogP contribution in [0.15, 0.2) is 42.6 Å². The van der Waals surface area contributed by atoms with Crippen LogP contribution >= 0.6 is 0 Å². The Balaban J connectivity index is 1.30. The van der Waals surface area contributed by atoms with Gasteiger partial charge in [-0.1, -0.05) is 6.07 Å². The summed E-state index contributed by atoms with van der Waals surface area (Å²) < 4.78 is 20.7. The number of imidazole rings is 1. The first-order valence-corrected chi connectivity index (χ1v) is 11.3. The topological polar surface area (TPSA) is 118 Å². The number of amides is 1. The van der Waals surface area contributed by atoms with Crippen molar-refractivity contribution in [2.24, 2.45) is 7.05 Å². The molecule has 1 atom stereocenters. The van der Waals surface area contributed by atoms with Gasteiger partial charge in [-0.25, -0.2) is 19.2 Å². The number of carbonyl (C=O) groups excluding carboxylic acids is 2. The van der Waals surface area contributed by atoms with E-state index in [4.69, 9.17) is 4.74 Å². The highest BCUT2D eigenvalue weighted by Crippen LogP contribution is 2.26. The summed E-state index contributed by atoms with van der Waals surface area (Å²) >= 11 is 0. The standard InChI is InChI=1S/C24H24FN7O3/c1-3-35-24(34)17-8-5-11-32(17)20-10-9-14(13-26-20)23(33)28-19-12-18(31(2)30-19)22-27-16-7-4-6-15(25)21(16)29-22/h4,6-7,9-10,12-13,17H,3,5,8,11H2,1-2H3,(H,27,29)(H,28,30,33)/t17-/m0/s1. The number of ether oxygens (including phenoxy) is 1. The molecule has 1 aliphatic heterocycles. The number of carbonyl (C=O) groups is 2. The molecule has 10 nitrogen and oxygen atoms in total. The van der Waals surface area contributed by atoms with E-state index in [1.807, 2.05) is 4.90 Å². The van der Waals surface area contributed by atoms with Crippen molar-refractivity contribution in [3.63, 3.8) is 0 Å². The third kappa shape index (κ3) is 4.32. The van der Waals surface area contributed by atoms with Gasteiger partial charge in [0.05, 0.1) is 17.7 Å². The molecular weight excluding hydrogens is 453 g/mol. The molecular formula is C24H24FN7O3. The van der Waals surface area contributed by atoms with E-state index in [2.05, 4.69) is 25.4 Å². The lowest BCUT2D eigenvalue weighted by Crippen LogP contribution is -2.37. The van der Waals surface area contributed by atoms with Crippen molar-refractivity contribution in [3.8, 4) is 11.5 Å². The highest BCUT2D eigenvalue weighted by Gasteiger charge is 2.32. The van der Waals surface area contributed by atoms with Gasteiger partial charge in [0.25, 0.3) is 5.91 Å². The van der Waals surface area contributed by atoms with Crippen LogP contribution in [0.4, 0.5) is 16.0 Å². The summed E-state index contributed by atoms with van der Waals surface area (Å²) in [5.41, 5.74) is 1.74. The number of esters is 1. The van der Waals surface area contributed by atoms with Gasteiger partial charge in [0, 0.05) is 25.9 Å². The van der Waals surface area contributed by atoms with Crippen LogP contribution in [0.1, 0.15) is 30.1 Å². The van der Waals surface area contributed by atoms with Crippen LogP contribution in [0.25, 0.3) is 22.6 Å². The average molecular weight is 478 g/mol. The van der Waals surface area contributed by atoms with Gasteiger partial charge < -0.3 is 19.9 Å². The third-order valence-corrected chi connectivity index (χ3v) is 5.94.